The maximum atomic E-state index is 12.2. The topological polar surface area (TPSA) is 54.6 Å². The molecule has 4 rings (SSSR count). The van der Waals surface area contributed by atoms with Gasteiger partial charge in [-0.3, -0.25) is 4.79 Å². The quantitative estimate of drug-likeness (QED) is 0.498. The summed E-state index contributed by atoms with van der Waals surface area (Å²) in [7, 11) is 0. The molecule has 2 aromatic carbocycles. The van der Waals surface area contributed by atoms with Gasteiger partial charge in [0.25, 0.3) is 5.91 Å². The maximum absolute atomic E-state index is 12.2. The third-order valence-corrected chi connectivity index (χ3v) is 5.91. The van der Waals surface area contributed by atoms with Gasteiger partial charge in [-0.1, -0.05) is 41.1 Å². The molecule has 1 amide bonds. The average molecular weight is 427 g/mol. The van der Waals surface area contributed by atoms with Crippen LogP contribution in [0.3, 0.4) is 0 Å². The predicted octanol–water partition coefficient (Wildman–Crippen LogP) is 6.28. The van der Waals surface area contributed by atoms with Crippen LogP contribution < -0.4 is 5.32 Å². The van der Waals surface area contributed by atoms with Gasteiger partial charge >= 0.3 is 0 Å². The van der Waals surface area contributed by atoms with Crippen LogP contribution in [0.2, 0.25) is 5.02 Å². The molecular formula is C21H15ClN2O2S2. The average Bonchev–Trinajstić information content (AvgIpc) is 3.26. The van der Waals surface area contributed by atoms with Gasteiger partial charge in [0.15, 0.2) is 10.3 Å². The van der Waals surface area contributed by atoms with Crippen molar-refractivity contribution in [3.05, 3.63) is 81.9 Å². The molecule has 4 nitrogen and oxygen atoms in total. The van der Waals surface area contributed by atoms with Gasteiger partial charge in [0.1, 0.15) is 5.76 Å². The van der Waals surface area contributed by atoms with E-state index in [1.807, 2.05) is 67.6 Å². The minimum atomic E-state index is -0.181. The molecule has 2 heterocycles. The second kappa shape index (κ2) is 8.31. The van der Waals surface area contributed by atoms with E-state index in [0.717, 1.165) is 21.2 Å². The SMILES string of the molecule is Cc1ccc(N=C2NC(=O)/C(=C\c3ccc(Sc4ccc(Cl)cc4)o3)S2)cc1. The first-order valence-electron chi connectivity index (χ1n) is 8.45. The van der Waals surface area contributed by atoms with Crippen molar-refractivity contribution in [3.63, 3.8) is 0 Å². The molecule has 0 spiro atoms. The number of thioether (sulfide) groups is 1. The smallest absolute Gasteiger partial charge is 0.264 e. The Hall–Kier alpha value is -2.41. The summed E-state index contributed by atoms with van der Waals surface area (Å²) in [6.07, 6.45) is 1.73. The summed E-state index contributed by atoms with van der Waals surface area (Å²) in [5.74, 6) is 0.435. The van der Waals surface area contributed by atoms with Gasteiger partial charge < -0.3 is 9.73 Å². The van der Waals surface area contributed by atoms with E-state index in [-0.39, 0.29) is 5.91 Å². The van der Waals surface area contributed by atoms with Crippen LogP contribution in [0.25, 0.3) is 6.08 Å². The van der Waals surface area contributed by atoms with Crippen molar-refractivity contribution in [2.24, 2.45) is 4.99 Å². The highest BCUT2D eigenvalue weighted by Crippen LogP contribution is 2.32. The Morgan fingerprint density at radius 2 is 1.82 bits per heavy atom. The van der Waals surface area contributed by atoms with Crippen molar-refractivity contribution in [2.45, 2.75) is 16.9 Å². The van der Waals surface area contributed by atoms with Crippen molar-refractivity contribution < 1.29 is 9.21 Å². The van der Waals surface area contributed by atoms with Gasteiger partial charge in [0.2, 0.25) is 0 Å². The summed E-state index contributed by atoms with van der Waals surface area (Å²) in [5, 5.41) is 4.78. The summed E-state index contributed by atoms with van der Waals surface area (Å²) < 4.78 is 5.82. The van der Waals surface area contributed by atoms with Crippen LogP contribution in [0, 0.1) is 6.92 Å². The molecule has 3 aromatic rings. The standard InChI is InChI=1S/C21H15ClN2O2S2/c1-13-2-6-15(7-3-13)23-21-24-20(25)18(28-21)12-16-8-11-19(26-16)27-17-9-4-14(22)5-10-17/h2-12H,1H3,(H,23,24,25)/b18-12+. The molecule has 0 bridgehead atoms. The fraction of sp³-hybridized carbons (Fsp3) is 0.0476. The largest absolute Gasteiger partial charge is 0.450 e. The Labute approximate surface area is 176 Å². The number of amides is 1. The van der Waals surface area contributed by atoms with Crippen LogP contribution >= 0.6 is 35.1 Å². The van der Waals surface area contributed by atoms with Crippen molar-refractivity contribution in [2.75, 3.05) is 0 Å². The van der Waals surface area contributed by atoms with Gasteiger partial charge in [-0.25, -0.2) is 4.99 Å². The van der Waals surface area contributed by atoms with Gasteiger partial charge in [-0.15, -0.1) is 0 Å². The normalized spacial score (nSPS) is 16.7. The van der Waals surface area contributed by atoms with Crippen LogP contribution in [0.4, 0.5) is 5.69 Å². The number of aliphatic imine (C=N–C) groups is 1. The number of nitrogens with zero attached hydrogens (tertiary/aromatic N) is 1. The van der Waals surface area contributed by atoms with E-state index in [2.05, 4.69) is 10.3 Å². The molecule has 1 aliphatic rings. The lowest BCUT2D eigenvalue weighted by Gasteiger charge is -1.97. The molecular weight excluding hydrogens is 412 g/mol. The van der Waals surface area contributed by atoms with Crippen LogP contribution in [0.15, 0.2) is 85.0 Å². The Balaban J connectivity index is 1.47. The highest BCUT2D eigenvalue weighted by atomic mass is 35.5. The lowest BCUT2D eigenvalue weighted by atomic mass is 10.2. The number of carbonyl (C=O) groups excluding carboxylic acids is 1. The van der Waals surface area contributed by atoms with Crippen molar-refractivity contribution in [1.82, 2.24) is 5.32 Å². The van der Waals surface area contributed by atoms with Crippen molar-refractivity contribution >= 4 is 58.0 Å². The van der Waals surface area contributed by atoms with E-state index in [0.29, 0.717) is 20.9 Å². The Morgan fingerprint density at radius 1 is 1.07 bits per heavy atom. The van der Waals surface area contributed by atoms with Crippen LogP contribution in [-0.4, -0.2) is 11.1 Å². The third-order valence-electron chi connectivity index (χ3n) is 3.82. The molecule has 1 aromatic heterocycles. The first-order chi connectivity index (χ1) is 13.5. The summed E-state index contributed by atoms with van der Waals surface area (Å²) in [4.78, 5) is 18.3. The van der Waals surface area contributed by atoms with Crippen molar-refractivity contribution in [3.8, 4) is 0 Å². The highest BCUT2D eigenvalue weighted by Gasteiger charge is 2.24. The van der Waals surface area contributed by atoms with E-state index >= 15 is 0 Å². The van der Waals surface area contributed by atoms with Crippen molar-refractivity contribution in [1.29, 1.82) is 0 Å². The number of amidine groups is 1. The molecule has 0 radical (unpaired) electrons. The fourth-order valence-electron chi connectivity index (χ4n) is 2.43. The first-order valence-corrected chi connectivity index (χ1v) is 10.5. The van der Waals surface area contributed by atoms with E-state index in [4.69, 9.17) is 16.0 Å². The molecule has 0 saturated carbocycles. The summed E-state index contributed by atoms with van der Waals surface area (Å²) in [5.41, 5.74) is 1.96. The molecule has 0 aliphatic carbocycles. The number of rotatable bonds is 4. The predicted molar refractivity (Wildman–Crippen MR) is 116 cm³/mol. The van der Waals surface area contributed by atoms with Crippen LogP contribution in [0.1, 0.15) is 11.3 Å². The number of furan rings is 1. The summed E-state index contributed by atoms with van der Waals surface area (Å²) in [6.45, 7) is 2.02. The highest BCUT2D eigenvalue weighted by molar-refractivity contribution is 8.18. The molecule has 7 heteroatoms. The molecule has 0 atom stereocenters. The Bertz CT molecular complexity index is 1070. The number of hydrogen-bond acceptors (Lipinski definition) is 5. The van der Waals surface area contributed by atoms with Crippen LogP contribution in [-0.2, 0) is 4.79 Å². The molecule has 1 aliphatic heterocycles. The second-order valence-electron chi connectivity index (χ2n) is 6.03. The monoisotopic (exact) mass is 426 g/mol. The maximum Gasteiger partial charge on any atom is 0.264 e. The van der Waals surface area contributed by atoms with Gasteiger partial charge in [0, 0.05) is 16.0 Å². The number of halogens is 1. The lowest BCUT2D eigenvalue weighted by Crippen LogP contribution is -2.19. The number of hydrogen-bond donors (Lipinski definition) is 1. The fourth-order valence-corrected chi connectivity index (χ4v) is 4.16. The van der Waals surface area contributed by atoms with E-state index in [1.165, 1.54) is 23.5 Å². The molecule has 1 saturated heterocycles. The van der Waals surface area contributed by atoms with Gasteiger partial charge in [-0.05, 0) is 67.2 Å². The summed E-state index contributed by atoms with van der Waals surface area (Å²) in [6, 6.07) is 19.1. The van der Waals surface area contributed by atoms with Gasteiger partial charge in [-0.2, -0.15) is 0 Å². The molecule has 140 valence electrons. The van der Waals surface area contributed by atoms with Gasteiger partial charge in [0.05, 0.1) is 10.6 Å². The van der Waals surface area contributed by atoms with E-state index < -0.39 is 0 Å². The first kappa shape index (κ1) is 18.9. The Kier molecular flexibility index (Phi) is 5.62. The van der Waals surface area contributed by atoms with E-state index in [9.17, 15) is 4.79 Å². The van der Waals surface area contributed by atoms with Crippen LogP contribution in [0.5, 0.6) is 0 Å². The number of benzene rings is 2. The minimum absolute atomic E-state index is 0.181. The van der Waals surface area contributed by atoms with E-state index in [1.54, 1.807) is 6.08 Å². The minimum Gasteiger partial charge on any atom is -0.450 e. The third kappa shape index (κ3) is 4.70. The number of nitrogens with one attached hydrogen (secondary N) is 1. The lowest BCUT2D eigenvalue weighted by molar-refractivity contribution is -0.115. The Morgan fingerprint density at radius 3 is 2.57 bits per heavy atom. The molecule has 0 unspecified atom stereocenters. The number of carbonyl (C=O) groups is 1. The summed E-state index contributed by atoms with van der Waals surface area (Å²) >= 11 is 8.70. The molecule has 28 heavy (non-hydrogen) atoms. The second-order valence-corrected chi connectivity index (χ2v) is 8.58. The zero-order valence-corrected chi connectivity index (χ0v) is 17.2. The zero-order valence-electron chi connectivity index (χ0n) is 14.8. The molecule has 1 N–H and O–H groups in total. The zero-order chi connectivity index (χ0) is 19.5. The number of aryl methyl sites for hydroxylation is 1. The molecule has 1 fully saturated rings.